The highest BCUT2D eigenvalue weighted by molar-refractivity contribution is 7.15. The third-order valence-corrected chi connectivity index (χ3v) is 5.66. The quantitative estimate of drug-likeness (QED) is 0.577. The van der Waals surface area contributed by atoms with Gasteiger partial charge in [0, 0.05) is 4.88 Å². The number of nitrogens with zero attached hydrogens (tertiary/aromatic N) is 1. The van der Waals surface area contributed by atoms with Gasteiger partial charge in [0.1, 0.15) is 17.2 Å². The van der Waals surface area contributed by atoms with Crippen LogP contribution in [0.2, 0.25) is 0 Å². The Morgan fingerprint density at radius 1 is 1.19 bits per heavy atom. The number of carbonyl (C=O) groups is 2. The van der Waals surface area contributed by atoms with Crippen molar-refractivity contribution >= 4 is 34.2 Å². The highest BCUT2D eigenvalue weighted by Crippen LogP contribution is 2.34. The number of hydrogen-bond acceptors (Lipinski definition) is 7. The molecule has 0 bridgehead atoms. The predicted octanol–water partition coefficient (Wildman–Crippen LogP) is 4.40. The maximum absolute atomic E-state index is 12.6. The summed E-state index contributed by atoms with van der Waals surface area (Å²) < 4.78 is 16.4. The Bertz CT molecular complexity index is 1180. The van der Waals surface area contributed by atoms with Gasteiger partial charge >= 0.3 is 0 Å². The first-order chi connectivity index (χ1) is 14.9. The number of aromatic nitrogens is 1. The van der Waals surface area contributed by atoms with Gasteiger partial charge in [-0.15, -0.1) is 11.3 Å². The maximum Gasteiger partial charge on any atom is 0.264 e. The molecule has 0 aliphatic carbocycles. The summed E-state index contributed by atoms with van der Waals surface area (Å²) in [5.74, 6) is 1.29. The van der Waals surface area contributed by atoms with Gasteiger partial charge in [-0.2, -0.15) is 0 Å². The first-order valence-electron chi connectivity index (χ1n) is 9.52. The zero-order chi connectivity index (χ0) is 22.0. The first-order valence-corrected chi connectivity index (χ1v) is 10.3. The molecule has 4 rings (SSSR count). The van der Waals surface area contributed by atoms with E-state index in [1.807, 2.05) is 19.9 Å². The van der Waals surface area contributed by atoms with Gasteiger partial charge in [0.15, 0.2) is 17.5 Å². The van der Waals surface area contributed by atoms with Crippen LogP contribution < -0.4 is 19.5 Å². The number of anilines is 1. The first kappa shape index (κ1) is 20.6. The molecule has 7 nitrogen and oxygen atoms in total. The molecule has 1 amide bonds. The van der Waals surface area contributed by atoms with E-state index >= 15 is 0 Å². The predicted molar refractivity (Wildman–Crippen MR) is 118 cm³/mol. The fraction of sp³-hybridized carbons (Fsp3) is 0.174. The van der Waals surface area contributed by atoms with Crippen molar-refractivity contribution < 1.29 is 23.8 Å². The van der Waals surface area contributed by atoms with Crippen molar-refractivity contribution in [1.29, 1.82) is 0 Å². The molecule has 2 aromatic carbocycles. The maximum atomic E-state index is 12.6. The summed E-state index contributed by atoms with van der Waals surface area (Å²) in [5, 5.41) is 3.28. The van der Waals surface area contributed by atoms with Crippen LogP contribution in [0.4, 0.5) is 5.13 Å². The van der Waals surface area contributed by atoms with Gasteiger partial charge in [0.2, 0.25) is 5.78 Å². The Balaban J connectivity index is 1.41. The average molecular weight is 436 g/mol. The van der Waals surface area contributed by atoms with E-state index in [9.17, 15) is 9.59 Å². The van der Waals surface area contributed by atoms with Crippen LogP contribution in [0.3, 0.4) is 0 Å². The lowest BCUT2D eigenvalue weighted by molar-refractivity contribution is -0.118. The lowest BCUT2D eigenvalue weighted by Crippen LogP contribution is -2.20. The van der Waals surface area contributed by atoms with Gasteiger partial charge in [0.25, 0.3) is 5.91 Å². The minimum atomic E-state index is -0.295. The van der Waals surface area contributed by atoms with E-state index in [1.54, 1.807) is 49.6 Å². The molecule has 0 fully saturated rings. The molecule has 1 aromatic heterocycles. The molecule has 158 valence electrons. The van der Waals surface area contributed by atoms with Gasteiger partial charge in [0.05, 0.1) is 18.4 Å². The minimum Gasteiger partial charge on any atom is -0.497 e. The van der Waals surface area contributed by atoms with Gasteiger partial charge in [-0.1, -0.05) is 12.1 Å². The van der Waals surface area contributed by atoms with Crippen LogP contribution in [0.15, 0.2) is 48.2 Å². The van der Waals surface area contributed by atoms with Crippen molar-refractivity contribution in [3.63, 3.8) is 0 Å². The fourth-order valence-electron chi connectivity index (χ4n) is 2.97. The number of allylic oxidation sites excluding steroid dienone is 1. The molecule has 1 aliphatic heterocycles. The van der Waals surface area contributed by atoms with Crippen LogP contribution in [-0.2, 0) is 4.79 Å². The van der Waals surface area contributed by atoms with E-state index in [0.29, 0.717) is 33.5 Å². The lowest BCUT2D eigenvalue weighted by atomic mass is 10.1. The minimum absolute atomic E-state index is 0.154. The number of fused-ring (bicyclic) bond motifs is 1. The second kappa shape index (κ2) is 8.61. The number of rotatable bonds is 6. The highest BCUT2D eigenvalue weighted by atomic mass is 32.1. The second-order valence-electron chi connectivity index (χ2n) is 6.87. The topological polar surface area (TPSA) is 86.8 Å². The Morgan fingerprint density at radius 2 is 2.03 bits per heavy atom. The highest BCUT2D eigenvalue weighted by Gasteiger charge is 2.27. The van der Waals surface area contributed by atoms with Crippen LogP contribution in [0.1, 0.15) is 26.5 Å². The number of aryl methyl sites for hydroxylation is 2. The fourth-order valence-corrected chi connectivity index (χ4v) is 3.80. The van der Waals surface area contributed by atoms with Gasteiger partial charge in [-0.05, 0) is 55.8 Å². The number of ketones is 1. The standard InChI is InChI=1S/C23H20N2O5S/c1-13-14(2)31-23(24-13)25-21(26)12-29-17-6-4-5-15(9-17)10-20-22(27)18-11-16(28-3)7-8-19(18)30-20/h4-11H,12H2,1-3H3,(H,24,25,26)/b20-10-. The Labute approximate surface area is 183 Å². The molecule has 3 aromatic rings. The van der Waals surface area contributed by atoms with Crippen molar-refractivity contribution in [2.75, 3.05) is 19.0 Å². The molecule has 8 heteroatoms. The monoisotopic (exact) mass is 436 g/mol. The Kier molecular flexibility index (Phi) is 5.73. The molecule has 0 atom stereocenters. The average Bonchev–Trinajstić information content (AvgIpc) is 3.24. The van der Waals surface area contributed by atoms with E-state index in [4.69, 9.17) is 14.2 Å². The van der Waals surface area contributed by atoms with Gasteiger partial charge < -0.3 is 14.2 Å². The summed E-state index contributed by atoms with van der Waals surface area (Å²) in [7, 11) is 1.55. The number of methoxy groups -OCH3 is 1. The van der Waals surface area contributed by atoms with Gasteiger partial charge in [-0.25, -0.2) is 4.98 Å². The molecular weight excluding hydrogens is 416 g/mol. The number of hydrogen-bond donors (Lipinski definition) is 1. The molecule has 1 aliphatic rings. The summed E-state index contributed by atoms with van der Waals surface area (Å²) in [6.45, 7) is 3.69. The molecule has 0 saturated carbocycles. The Morgan fingerprint density at radius 3 is 2.77 bits per heavy atom. The summed E-state index contributed by atoms with van der Waals surface area (Å²) in [6.07, 6.45) is 1.64. The number of carbonyl (C=O) groups excluding carboxylic acids is 2. The number of nitrogens with one attached hydrogen (secondary N) is 1. The van der Waals surface area contributed by atoms with Crippen molar-refractivity contribution in [2.45, 2.75) is 13.8 Å². The molecule has 0 spiro atoms. The van der Waals surface area contributed by atoms with E-state index < -0.39 is 0 Å². The van der Waals surface area contributed by atoms with Crippen molar-refractivity contribution in [2.24, 2.45) is 0 Å². The molecule has 0 unspecified atom stereocenters. The van der Waals surface area contributed by atoms with Crippen molar-refractivity contribution in [3.05, 3.63) is 69.9 Å². The zero-order valence-electron chi connectivity index (χ0n) is 17.2. The van der Waals surface area contributed by atoms with Crippen LogP contribution in [-0.4, -0.2) is 30.4 Å². The molecular formula is C23H20N2O5S. The third kappa shape index (κ3) is 4.59. The summed E-state index contributed by atoms with van der Waals surface area (Å²) >= 11 is 1.42. The smallest absolute Gasteiger partial charge is 0.264 e. The SMILES string of the molecule is COc1ccc2c(c1)C(=O)/C(=C/c1cccc(OCC(=O)Nc3nc(C)c(C)s3)c1)O2. The largest absolute Gasteiger partial charge is 0.497 e. The summed E-state index contributed by atoms with van der Waals surface area (Å²) in [4.78, 5) is 30.1. The molecule has 0 saturated heterocycles. The third-order valence-electron chi connectivity index (χ3n) is 4.68. The number of benzene rings is 2. The number of ether oxygens (including phenoxy) is 3. The van der Waals surface area contributed by atoms with E-state index in [1.165, 1.54) is 11.3 Å². The number of Topliss-reactive ketones (excluding diaryl/α,β-unsaturated/α-hetero) is 1. The normalized spacial score (nSPS) is 13.6. The summed E-state index contributed by atoms with van der Waals surface area (Å²) in [6, 6.07) is 12.2. The van der Waals surface area contributed by atoms with E-state index in [-0.39, 0.29) is 24.1 Å². The van der Waals surface area contributed by atoms with E-state index in [0.717, 1.165) is 10.6 Å². The molecule has 2 heterocycles. The number of thiazole rings is 1. The van der Waals surface area contributed by atoms with Crippen molar-refractivity contribution in [1.82, 2.24) is 4.98 Å². The van der Waals surface area contributed by atoms with E-state index in [2.05, 4.69) is 10.3 Å². The molecule has 1 N–H and O–H groups in total. The van der Waals surface area contributed by atoms with Crippen molar-refractivity contribution in [3.8, 4) is 17.2 Å². The second-order valence-corrected chi connectivity index (χ2v) is 8.08. The van der Waals surface area contributed by atoms with Crippen LogP contribution in [0, 0.1) is 13.8 Å². The Hall–Kier alpha value is -3.65. The molecule has 0 radical (unpaired) electrons. The van der Waals surface area contributed by atoms with Crippen LogP contribution >= 0.6 is 11.3 Å². The lowest BCUT2D eigenvalue weighted by Gasteiger charge is -2.07. The van der Waals surface area contributed by atoms with Crippen LogP contribution in [0.25, 0.3) is 6.08 Å². The summed E-state index contributed by atoms with van der Waals surface area (Å²) in [5.41, 5.74) is 2.07. The van der Waals surface area contributed by atoms with Crippen LogP contribution in [0.5, 0.6) is 17.2 Å². The number of amides is 1. The molecule has 31 heavy (non-hydrogen) atoms. The zero-order valence-corrected chi connectivity index (χ0v) is 18.0. The van der Waals surface area contributed by atoms with Gasteiger partial charge in [-0.3, -0.25) is 14.9 Å².